The number of carbonyl (C=O) groups is 1. The molecule has 2 heterocycles. The number of benzene rings is 4. The maximum absolute atomic E-state index is 13.2. The molecule has 0 aliphatic rings. The van der Waals surface area contributed by atoms with E-state index in [1.807, 2.05) is 95.5 Å². The van der Waals surface area contributed by atoms with Crippen LogP contribution in [0, 0.1) is 0 Å². The van der Waals surface area contributed by atoms with E-state index in [4.69, 9.17) is 9.72 Å². The van der Waals surface area contributed by atoms with Gasteiger partial charge in [-0.15, -0.1) is 0 Å². The van der Waals surface area contributed by atoms with E-state index in [1.54, 1.807) is 12.1 Å². The lowest BCUT2D eigenvalue weighted by Gasteiger charge is -2.12. The van der Waals surface area contributed by atoms with Crippen LogP contribution in [0.4, 0.5) is 5.82 Å². The largest absolute Gasteiger partial charge is 0.422 e. The quantitative estimate of drug-likeness (QED) is 0.171. The van der Waals surface area contributed by atoms with Crippen molar-refractivity contribution in [1.29, 1.82) is 0 Å². The van der Waals surface area contributed by atoms with Gasteiger partial charge in [0.25, 0.3) is 0 Å². The van der Waals surface area contributed by atoms with Gasteiger partial charge in [-0.1, -0.05) is 72.8 Å². The third-order valence-corrected chi connectivity index (χ3v) is 6.68. The summed E-state index contributed by atoms with van der Waals surface area (Å²) in [5, 5.41) is 5.61. The first-order chi connectivity index (χ1) is 18.2. The number of hydrogen-bond donors (Lipinski definition) is 1. The number of ether oxygens (including phenoxy) is 1. The van der Waals surface area contributed by atoms with Crippen molar-refractivity contribution in [2.45, 2.75) is 6.54 Å². The van der Waals surface area contributed by atoms with E-state index in [0.717, 1.165) is 37.8 Å². The molecule has 180 valence electrons. The zero-order valence-corrected chi connectivity index (χ0v) is 21.4. The second-order valence-corrected chi connectivity index (χ2v) is 9.59. The first-order valence-corrected chi connectivity index (χ1v) is 12.7. The maximum Gasteiger partial charge on any atom is 0.343 e. The van der Waals surface area contributed by atoms with E-state index < -0.39 is 5.97 Å². The number of anilines is 1. The molecule has 6 rings (SSSR count). The van der Waals surface area contributed by atoms with Crippen molar-refractivity contribution < 1.29 is 9.53 Å². The van der Waals surface area contributed by atoms with Gasteiger partial charge in [0.15, 0.2) is 0 Å². The second-order valence-electron chi connectivity index (χ2n) is 8.67. The fourth-order valence-corrected chi connectivity index (χ4v) is 4.72. The van der Waals surface area contributed by atoms with Gasteiger partial charge in [-0.05, 0) is 68.7 Å². The van der Waals surface area contributed by atoms with Gasteiger partial charge in [0, 0.05) is 22.8 Å². The van der Waals surface area contributed by atoms with Crippen LogP contribution >= 0.6 is 15.9 Å². The van der Waals surface area contributed by atoms with Crippen LogP contribution in [0.3, 0.4) is 0 Å². The van der Waals surface area contributed by atoms with Crippen LogP contribution in [-0.2, 0) is 6.54 Å². The average molecular weight is 548 g/mol. The topological polar surface area (TPSA) is 55.6 Å². The number of rotatable bonds is 6. The highest BCUT2D eigenvalue weighted by Crippen LogP contribution is 2.36. The molecule has 1 N–H and O–H groups in total. The highest BCUT2D eigenvalue weighted by atomic mass is 79.9. The van der Waals surface area contributed by atoms with Crippen molar-refractivity contribution in [2.24, 2.45) is 0 Å². The highest BCUT2D eigenvalue weighted by Gasteiger charge is 2.20. The second kappa shape index (κ2) is 9.91. The molecule has 0 amide bonds. The fraction of sp³-hybridized carbons (Fsp3) is 0.0323. The fourth-order valence-electron chi connectivity index (χ4n) is 4.38. The molecular formula is C31H22BrN3O2. The van der Waals surface area contributed by atoms with Crippen LogP contribution in [0.25, 0.3) is 27.7 Å². The zero-order chi connectivity index (χ0) is 25.2. The summed E-state index contributed by atoms with van der Waals surface area (Å²) in [5.74, 6) is 0.851. The van der Waals surface area contributed by atoms with E-state index in [9.17, 15) is 4.79 Å². The minimum atomic E-state index is -0.413. The van der Waals surface area contributed by atoms with Gasteiger partial charge in [-0.25, -0.2) is 9.78 Å². The van der Waals surface area contributed by atoms with E-state index >= 15 is 0 Å². The van der Waals surface area contributed by atoms with E-state index in [1.165, 1.54) is 0 Å². The Hall–Kier alpha value is -4.42. The Morgan fingerprint density at radius 1 is 0.838 bits per heavy atom. The minimum Gasteiger partial charge on any atom is -0.422 e. The van der Waals surface area contributed by atoms with Gasteiger partial charge in [0.1, 0.15) is 22.9 Å². The summed E-state index contributed by atoms with van der Waals surface area (Å²) in [4.78, 5) is 18.1. The lowest BCUT2D eigenvalue weighted by molar-refractivity contribution is 0.0735. The molecule has 4 aromatic carbocycles. The van der Waals surface area contributed by atoms with E-state index in [0.29, 0.717) is 23.6 Å². The zero-order valence-electron chi connectivity index (χ0n) is 19.8. The molecule has 0 aliphatic heterocycles. The van der Waals surface area contributed by atoms with Crippen molar-refractivity contribution in [3.63, 3.8) is 0 Å². The Kier molecular flexibility index (Phi) is 6.16. The number of para-hydroxylation sites is 1. The van der Waals surface area contributed by atoms with Crippen molar-refractivity contribution >= 4 is 44.1 Å². The van der Waals surface area contributed by atoms with Gasteiger partial charge in [-0.2, -0.15) is 0 Å². The summed E-state index contributed by atoms with van der Waals surface area (Å²) in [6, 6.07) is 35.1. The number of imidazole rings is 1. The molecule has 6 aromatic rings. The van der Waals surface area contributed by atoms with Gasteiger partial charge in [-0.3, -0.25) is 4.40 Å². The maximum atomic E-state index is 13.2. The lowest BCUT2D eigenvalue weighted by Crippen LogP contribution is -2.09. The lowest BCUT2D eigenvalue weighted by atomic mass is 10.1. The van der Waals surface area contributed by atoms with Gasteiger partial charge < -0.3 is 10.1 Å². The molecule has 0 aliphatic carbocycles. The summed E-state index contributed by atoms with van der Waals surface area (Å²) in [7, 11) is 0. The number of esters is 1. The summed E-state index contributed by atoms with van der Waals surface area (Å²) in [6.07, 6.45) is 1.98. The Morgan fingerprint density at radius 3 is 2.46 bits per heavy atom. The molecule has 0 unspecified atom stereocenters. The standard InChI is InChI=1S/C31H22BrN3O2/c32-25-16-17-28-34-29(30(35(28)20-25)33-19-21-8-2-1-3-9-21)26-12-6-7-13-27(26)37-31(36)24-15-14-22-10-4-5-11-23(22)18-24/h1-18,20,33H,19H2. The Labute approximate surface area is 222 Å². The number of nitrogens with one attached hydrogen (secondary N) is 1. The molecule has 0 bridgehead atoms. The minimum absolute atomic E-state index is 0.413. The van der Waals surface area contributed by atoms with Crippen molar-refractivity contribution in [3.05, 3.63) is 131 Å². The summed E-state index contributed by atoms with van der Waals surface area (Å²) < 4.78 is 8.88. The molecule has 5 nitrogen and oxygen atoms in total. The van der Waals surface area contributed by atoms with E-state index in [2.05, 4.69) is 33.4 Å². The molecular weight excluding hydrogens is 526 g/mol. The molecule has 37 heavy (non-hydrogen) atoms. The number of aromatic nitrogens is 2. The van der Waals surface area contributed by atoms with Crippen molar-refractivity contribution in [3.8, 4) is 17.0 Å². The number of nitrogens with zero attached hydrogens (tertiary/aromatic N) is 2. The predicted octanol–water partition coefficient (Wildman–Crippen LogP) is 7.75. The summed E-state index contributed by atoms with van der Waals surface area (Å²) in [6.45, 7) is 0.618. The van der Waals surface area contributed by atoms with Crippen LogP contribution in [0.2, 0.25) is 0 Å². The Balaban J connectivity index is 1.38. The SMILES string of the molecule is O=C(Oc1ccccc1-c1nc2ccc(Br)cn2c1NCc1ccccc1)c1ccc2ccccc2c1. The van der Waals surface area contributed by atoms with E-state index in [-0.39, 0.29) is 0 Å². The molecule has 0 atom stereocenters. The number of hydrogen-bond acceptors (Lipinski definition) is 4. The van der Waals surface area contributed by atoms with Crippen molar-refractivity contribution in [2.75, 3.05) is 5.32 Å². The number of halogens is 1. The summed E-state index contributed by atoms with van der Waals surface area (Å²) >= 11 is 3.57. The monoisotopic (exact) mass is 547 g/mol. The van der Waals surface area contributed by atoms with Crippen LogP contribution in [0.1, 0.15) is 15.9 Å². The third kappa shape index (κ3) is 4.71. The van der Waals surface area contributed by atoms with Crippen LogP contribution < -0.4 is 10.1 Å². The first kappa shape index (κ1) is 23.0. The predicted molar refractivity (Wildman–Crippen MR) is 151 cm³/mol. The molecule has 0 saturated heterocycles. The third-order valence-electron chi connectivity index (χ3n) is 6.22. The molecule has 0 radical (unpaired) electrons. The van der Waals surface area contributed by atoms with Crippen LogP contribution in [-0.4, -0.2) is 15.4 Å². The van der Waals surface area contributed by atoms with Gasteiger partial charge in [0.05, 0.1) is 5.56 Å². The molecule has 6 heteroatoms. The average Bonchev–Trinajstić information content (AvgIpc) is 3.29. The first-order valence-electron chi connectivity index (χ1n) is 11.9. The summed E-state index contributed by atoms with van der Waals surface area (Å²) in [5.41, 5.74) is 3.86. The molecule has 2 aromatic heterocycles. The molecule has 0 fully saturated rings. The Bertz CT molecular complexity index is 1740. The molecule has 0 spiro atoms. The van der Waals surface area contributed by atoms with Crippen LogP contribution in [0.5, 0.6) is 5.75 Å². The molecule has 0 saturated carbocycles. The number of pyridine rings is 1. The smallest absolute Gasteiger partial charge is 0.343 e. The normalized spacial score (nSPS) is 11.1. The van der Waals surface area contributed by atoms with Crippen molar-refractivity contribution in [1.82, 2.24) is 9.38 Å². The van der Waals surface area contributed by atoms with Crippen LogP contribution in [0.15, 0.2) is 120 Å². The van der Waals surface area contributed by atoms with Gasteiger partial charge in [0.2, 0.25) is 0 Å². The number of carbonyl (C=O) groups excluding carboxylic acids is 1. The highest BCUT2D eigenvalue weighted by molar-refractivity contribution is 9.10. The Morgan fingerprint density at radius 2 is 1.59 bits per heavy atom. The number of fused-ring (bicyclic) bond motifs is 2. The van der Waals surface area contributed by atoms with Gasteiger partial charge >= 0.3 is 5.97 Å².